The third kappa shape index (κ3) is 2.74. The molecule has 1 aliphatic carbocycles. The van der Waals surface area contributed by atoms with Crippen molar-refractivity contribution in [2.45, 2.75) is 38.1 Å². The molecule has 1 aromatic rings. The smallest absolute Gasteiger partial charge is 0.331 e. The van der Waals surface area contributed by atoms with Crippen LogP contribution in [-0.4, -0.2) is 34.9 Å². The summed E-state index contributed by atoms with van der Waals surface area (Å²) in [5.41, 5.74) is -0.923. The van der Waals surface area contributed by atoms with Crippen molar-refractivity contribution in [3.05, 3.63) is 30.1 Å². The Morgan fingerprint density at radius 1 is 1.38 bits per heavy atom. The molecule has 1 heterocycles. The Bertz CT molecular complexity index is 693. The summed E-state index contributed by atoms with van der Waals surface area (Å²) >= 11 is 0. The summed E-state index contributed by atoms with van der Waals surface area (Å²) < 4.78 is 18.4. The average Bonchev–Trinajstić information content (AvgIpc) is 2.78. The molecule has 0 aromatic heterocycles. The highest BCUT2D eigenvalue weighted by atomic mass is 19.1. The van der Waals surface area contributed by atoms with E-state index < -0.39 is 35.8 Å². The van der Waals surface area contributed by atoms with E-state index in [-0.39, 0.29) is 11.7 Å². The molecule has 24 heavy (non-hydrogen) atoms. The van der Waals surface area contributed by atoms with E-state index in [4.69, 9.17) is 4.74 Å². The van der Waals surface area contributed by atoms with Gasteiger partial charge in [0.15, 0.2) is 11.6 Å². The highest BCUT2D eigenvalue weighted by molar-refractivity contribution is 6.09. The van der Waals surface area contributed by atoms with E-state index >= 15 is 0 Å². The molecule has 2 atom stereocenters. The fraction of sp³-hybridized carbons (Fsp3) is 0.471. The van der Waals surface area contributed by atoms with Gasteiger partial charge in [0, 0.05) is 0 Å². The van der Waals surface area contributed by atoms with Gasteiger partial charge in [-0.3, -0.25) is 9.69 Å². The number of carbonyl (C=O) groups is 3. The van der Waals surface area contributed by atoms with E-state index in [1.165, 1.54) is 18.2 Å². The summed E-state index contributed by atoms with van der Waals surface area (Å²) in [6, 6.07) is 4.87. The molecule has 1 spiro atoms. The SMILES string of the molecule is CC1CCCCC12NC(=O)N(CC(=O)Oc1ccccc1F)C2=O. The van der Waals surface area contributed by atoms with Crippen LogP contribution in [0.3, 0.4) is 0 Å². The molecule has 2 aliphatic rings. The monoisotopic (exact) mass is 334 g/mol. The zero-order valence-corrected chi connectivity index (χ0v) is 13.4. The van der Waals surface area contributed by atoms with E-state index in [0.29, 0.717) is 6.42 Å². The van der Waals surface area contributed by atoms with Crippen molar-refractivity contribution >= 4 is 17.9 Å². The largest absolute Gasteiger partial charge is 0.422 e. The zero-order valence-electron chi connectivity index (χ0n) is 13.4. The normalized spacial score (nSPS) is 26.6. The Balaban J connectivity index is 1.71. The molecule has 0 bridgehead atoms. The van der Waals surface area contributed by atoms with Crippen LogP contribution >= 0.6 is 0 Å². The second kappa shape index (κ2) is 6.22. The van der Waals surface area contributed by atoms with Gasteiger partial charge in [-0.05, 0) is 30.9 Å². The summed E-state index contributed by atoms with van der Waals surface area (Å²) in [6.07, 6.45) is 3.28. The zero-order chi connectivity index (χ0) is 17.3. The lowest BCUT2D eigenvalue weighted by Gasteiger charge is -2.36. The summed E-state index contributed by atoms with van der Waals surface area (Å²) in [5, 5.41) is 2.76. The Morgan fingerprint density at radius 3 is 2.83 bits per heavy atom. The first-order chi connectivity index (χ1) is 11.4. The number of carbonyl (C=O) groups excluding carboxylic acids is 3. The number of amides is 3. The van der Waals surface area contributed by atoms with Gasteiger partial charge in [0.1, 0.15) is 12.1 Å². The molecule has 2 fully saturated rings. The number of hydrogen-bond donors (Lipinski definition) is 1. The van der Waals surface area contributed by atoms with Gasteiger partial charge in [0.25, 0.3) is 5.91 Å². The fourth-order valence-electron chi connectivity index (χ4n) is 3.45. The van der Waals surface area contributed by atoms with Crippen molar-refractivity contribution in [2.75, 3.05) is 6.54 Å². The minimum atomic E-state index is -0.923. The van der Waals surface area contributed by atoms with Crippen LogP contribution in [0.2, 0.25) is 0 Å². The molecule has 2 unspecified atom stereocenters. The lowest BCUT2D eigenvalue weighted by Crippen LogP contribution is -2.54. The number of nitrogens with zero attached hydrogens (tertiary/aromatic N) is 1. The van der Waals surface area contributed by atoms with Gasteiger partial charge >= 0.3 is 12.0 Å². The van der Waals surface area contributed by atoms with Gasteiger partial charge in [-0.2, -0.15) is 0 Å². The first-order valence-corrected chi connectivity index (χ1v) is 8.03. The molecule has 1 aromatic carbocycles. The molecule has 7 heteroatoms. The molecule has 1 saturated carbocycles. The van der Waals surface area contributed by atoms with Crippen LogP contribution in [0.5, 0.6) is 5.75 Å². The van der Waals surface area contributed by atoms with Crippen molar-refractivity contribution in [2.24, 2.45) is 5.92 Å². The lowest BCUT2D eigenvalue weighted by molar-refractivity contribution is -0.142. The maximum atomic E-state index is 13.5. The summed E-state index contributed by atoms with van der Waals surface area (Å²) in [7, 11) is 0. The van der Waals surface area contributed by atoms with E-state index in [0.717, 1.165) is 30.2 Å². The number of para-hydroxylation sites is 1. The number of hydrogen-bond acceptors (Lipinski definition) is 4. The molecule has 1 N–H and O–H groups in total. The number of ether oxygens (including phenoxy) is 1. The number of imide groups is 1. The average molecular weight is 334 g/mol. The molecule has 3 rings (SSSR count). The maximum absolute atomic E-state index is 13.5. The van der Waals surface area contributed by atoms with E-state index in [1.54, 1.807) is 0 Å². The fourth-order valence-corrected chi connectivity index (χ4v) is 3.45. The predicted octanol–water partition coefficient (Wildman–Crippen LogP) is 2.23. The van der Waals surface area contributed by atoms with Crippen LogP contribution in [0.15, 0.2) is 24.3 Å². The Kier molecular flexibility index (Phi) is 4.26. The molecule has 1 aliphatic heterocycles. The van der Waals surface area contributed by atoms with Crippen LogP contribution in [0.1, 0.15) is 32.6 Å². The first-order valence-electron chi connectivity index (χ1n) is 8.03. The number of esters is 1. The molecule has 6 nitrogen and oxygen atoms in total. The van der Waals surface area contributed by atoms with Crippen LogP contribution in [0.4, 0.5) is 9.18 Å². The van der Waals surface area contributed by atoms with E-state index in [1.807, 2.05) is 6.92 Å². The second-order valence-electron chi connectivity index (χ2n) is 6.34. The molecule has 3 amide bonds. The van der Waals surface area contributed by atoms with Crippen LogP contribution in [-0.2, 0) is 9.59 Å². The van der Waals surface area contributed by atoms with E-state index in [2.05, 4.69) is 5.32 Å². The number of rotatable bonds is 3. The van der Waals surface area contributed by atoms with Crippen molar-refractivity contribution in [1.82, 2.24) is 10.2 Å². The predicted molar refractivity (Wildman–Crippen MR) is 82.6 cm³/mol. The number of urea groups is 1. The highest BCUT2D eigenvalue weighted by Gasteiger charge is 2.55. The Morgan fingerprint density at radius 2 is 2.12 bits per heavy atom. The van der Waals surface area contributed by atoms with Gasteiger partial charge in [0.05, 0.1) is 0 Å². The Labute approximate surface area is 139 Å². The molecule has 0 radical (unpaired) electrons. The third-order valence-electron chi connectivity index (χ3n) is 4.85. The molecule has 1 saturated heterocycles. The maximum Gasteiger partial charge on any atom is 0.331 e. The summed E-state index contributed by atoms with van der Waals surface area (Å²) in [6.45, 7) is 1.39. The minimum absolute atomic E-state index is 0.00953. The minimum Gasteiger partial charge on any atom is -0.422 e. The van der Waals surface area contributed by atoms with Crippen LogP contribution in [0, 0.1) is 11.7 Å². The van der Waals surface area contributed by atoms with Crippen molar-refractivity contribution < 1.29 is 23.5 Å². The molecular formula is C17H19FN2O4. The standard InChI is InChI=1S/C17H19FN2O4/c1-11-6-4-5-9-17(11)15(22)20(16(23)19-17)10-14(21)24-13-8-3-2-7-12(13)18/h2-3,7-8,11H,4-6,9-10H2,1H3,(H,19,23). The summed E-state index contributed by atoms with van der Waals surface area (Å²) in [4.78, 5) is 37.8. The van der Waals surface area contributed by atoms with Crippen molar-refractivity contribution in [3.8, 4) is 5.75 Å². The quantitative estimate of drug-likeness (QED) is 0.522. The lowest BCUT2D eigenvalue weighted by atomic mass is 9.73. The first kappa shape index (κ1) is 16.4. The van der Waals surface area contributed by atoms with Gasteiger partial charge in [-0.15, -0.1) is 0 Å². The van der Waals surface area contributed by atoms with Gasteiger partial charge in [0.2, 0.25) is 0 Å². The number of halogens is 1. The van der Waals surface area contributed by atoms with E-state index in [9.17, 15) is 18.8 Å². The van der Waals surface area contributed by atoms with Gasteiger partial charge in [-0.1, -0.05) is 31.9 Å². The molecular weight excluding hydrogens is 315 g/mol. The second-order valence-corrected chi connectivity index (χ2v) is 6.34. The van der Waals surface area contributed by atoms with Crippen LogP contribution in [0.25, 0.3) is 0 Å². The van der Waals surface area contributed by atoms with Gasteiger partial charge in [-0.25, -0.2) is 14.0 Å². The third-order valence-corrected chi connectivity index (χ3v) is 4.85. The molecule has 128 valence electrons. The number of benzene rings is 1. The Hall–Kier alpha value is -2.44. The highest BCUT2D eigenvalue weighted by Crippen LogP contribution is 2.38. The van der Waals surface area contributed by atoms with Crippen molar-refractivity contribution in [3.63, 3.8) is 0 Å². The van der Waals surface area contributed by atoms with Crippen LogP contribution < -0.4 is 10.1 Å². The van der Waals surface area contributed by atoms with Crippen molar-refractivity contribution in [1.29, 1.82) is 0 Å². The topological polar surface area (TPSA) is 75.7 Å². The van der Waals surface area contributed by atoms with Gasteiger partial charge < -0.3 is 10.1 Å². The number of nitrogens with one attached hydrogen (secondary N) is 1. The summed E-state index contributed by atoms with van der Waals surface area (Å²) in [5.74, 6) is -2.15.